The molecule has 1 amide bonds. The van der Waals surface area contributed by atoms with E-state index in [1.807, 2.05) is 6.92 Å². The van der Waals surface area contributed by atoms with Gasteiger partial charge in [-0.15, -0.1) is 0 Å². The zero-order valence-electron chi connectivity index (χ0n) is 11.4. The number of benzene rings is 1. The third-order valence-electron chi connectivity index (χ3n) is 3.80. The molecule has 4 nitrogen and oxygen atoms in total. The van der Waals surface area contributed by atoms with Gasteiger partial charge in [-0.2, -0.15) is 0 Å². The lowest BCUT2D eigenvalue weighted by Gasteiger charge is -2.26. The average Bonchev–Trinajstić information content (AvgIpc) is 2.81. The van der Waals surface area contributed by atoms with Gasteiger partial charge in [0.25, 0.3) is 5.91 Å². The van der Waals surface area contributed by atoms with Crippen molar-refractivity contribution in [3.63, 3.8) is 0 Å². The van der Waals surface area contributed by atoms with Gasteiger partial charge in [0.05, 0.1) is 30.3 Å². The summed E-state index contributed by atoms with van der Waals surface area (Å²) in [4.78, 5) is 14.4. The SMILES string of the molecule is COc1cc(I)c(Cl)cc1C(=O)N1CCC(C)C1CO. The Bertz CT molecular complexity index is 523. The molecule has 0 radical (unpaired) electrons. The first kappa shape index (κ1) is 15.9. The van der Waals surface area contributed by atoms with Crippen LogP contribution in [0.1, 0.15) is 23.7 Å². The second kappa shape index (κ2) is 6.49. The quantitative estimate of drug-likeness (QED) is 0.781. The van der Waals surface area contributed by atoms with Gasteiger partial charge in [-0.1, -0.05) is 18.5 Å². The molecule has 2 rings (SSSR count). The molecule has 110 valence electrons. The van der Waals surface area contributed by atoms with Crippen LogP contribution in [-0.4, -0.2) is 42.2 Å². The summed E-state index contributed by atoms with van der Waals surface area (Å²) in [6.45, 7) is 2.68. The minimum absolute atomic E-state index is 0.0205. The summed E-state index contributed by atoms with van der Waals surface area (Å²) in [6.07, 6.45) is 0.900. The van der Waals surface area contributed by atoms with Gasteiger partial charge in [-0.3, -0.25) is 4.79 Å². The Balaban J connectivity index is 2.36. The molecule has 1 fully saturated rings. The molecule has 2 unspecified atom stereocenters. The van der Waals surface area contributed by atoms with Crippen LogP contribution >= 0.6 is 34.2 Å². The van der Waals surface area contributed by atoms with Crippen molar-refractivity contribution in [1.29, 1.82) is 0 Å². The van der Waals surface area contributed by atoms with Crippen LogP contribution in [0.25, 0.3) is 0 Å². The Kier molecular flexibility index (Phi) is 5.14. The van der Waals surface area contributed by atoms with Crippen LogP contribution in [0.4, 0.5) is 0 Å². The van der Waals surface area contributed by atoms with E-state index in [4.69, 9.17) is 16.3 Å². The van der Waals surface area contributed by atoms with E-state index in [2.05, 4.69) is 22.6 Å². The number of methoxy groups -OCH3 is 1. The van der Waals surface area contributed by atoms with Crippen LogP contribution in [-0.2, 0) is 0 Å². The summed E-state index contributed by atoms with van der Waals surface area (Å²) in [7, 11) is 1.53. The molecule has 0 aromatic heterocycles. The molecule has 6 heteroatoms. The third-order valence-corrected chi connectivity index (χ3v) is 5.33. The first-order chi connectivity index (χ1) is 9.49. The Morgan fingerprint density at radius 1 is 1.60 bits per heavy atom. The number of aliphatic hydroxyl groups is 1. The average molecular weight is 410 g/mol. The number of nitrogens with zero attached hydrogens (tertiary/aromatic N) is 1. The molecule has 1 heterocycles. The zero-order chi connectivity index (χ0) is 14.9. The maximum atomic E-state index is 12.7. The predicted octanol–water partition coefficient (Wildman–Crippen LogP) is 2.80. The number of carbonyl (C=O) groups excluding carboxylic acids is 1. The van der Waals surface area contributed by atoms with E-state index >= 15 is 0 Å². The van der Waals surface area contributed by atoms with Gasteiger partial charge in [0.1, 0.15) is 5.75 Å². The zero-order valence-corrected chi connectivity index (χ0v) is 14.3. The molecule has 1 aliphatic heterocycles. The number of rotatable bonds is 3. The maximum Gasteiger partial charge on any atom is 0.258 e. The van der Waals surface area contributed by atoms with Crippen molar-refractivity contribution in [2.24, 2.45) is 5.92 Å². The normalized spacial score (nSPS) is 22.1. The second-order valence-electron chi connectivity index (χ2n) is 4.98. The van der Waals surface area contributed by atoms with Crippen molar-refractivity contribution < 1.29 is 14.6 Å². The van der Waals surface area contributed by atoms with Crippen LogP contribution < -0.4 is 4.74 Å². The second-order valence-corrected chi connectivity index (χ2v) is 6.55. The third kappa shape index (κ3) is 2.89. The van der Waals surface area contributed by atoms with Crippen LogP contribution in [0.3, 0.4) is 0 Å². The first-order valence-corrected chi connectivity index (χ1v) is 7.90. The Morgan fingerprint density at radius 3 is 2.90 bits per heavy atom. The Labute approximate surface area is 137 Å². The number of hydrogen-bond acceptors (Lipinski definition) is 3. The lowest BCUT2D eigenvalue weighted by molar-refractivity contribution is 0.0645. The number of aliphatic hydroxyl groups excluding tert-OH is 1. The van der Waals surface area contributed by atoms with Crippen molar-refractivity contribution in [2.45, 2.75) is 19.4 Å². The van der Waals surface area contributed by atoms with Crippen LogP contribution in [0.15, 0.2) is 12.1 Å². The Hall–Kier alpha value is -0.530. The fourth-order valence-electron chi connectivity index (χ4n) is 2.56. The molecule has 2 atom stereocenters. The molecule has 0 saturated carbocycles. The molecule has 1 aliphatic rings. The summed E-state index contributed by atoms with van der Waals surface area (Å²) in [5.41, 5.74) is 0.450. The van der Waals surface area contributed by atoms with Crippen molar-refractivity contribution >= 4 is 40.1 Å². The van der Waals surface area contributed by atoms with Gasteiger partial charge in [-0.05, 0) is 47.1 Å². The molecule has 0 bridgehead atoms. The number of carbonyl (C=O) groups is 1. The summed E-state index contributed by atoms with van der Waals surface area (Å²) >= 11 is 8.21. The molecule has 1 N–H and O–H groups in total. The van der Waals surface area contributed by atoms with Gasteiger partial charge in [0, 0.05) is 10.1 Å². The maximum absolute atomic E-state index is 12.7. The number of amides is 1. The van der Waals surface area contributed by atoms with Crippen molar-refractivity contribution in [3.8, 4) is 5.75 Å². The lowest BCUT2D eigenvalue weighted by Crippen LogP contribution is -2.40. The molecule has 20 heavy (non-hydrogen) atoms. The highest BCUT2D eigenvalue weighted by Crippen LogP contribution is 2.32. The summed E-state index contributed by atoms with van der Waals surface area (Å²) in [6, 6.07) is 3.26. The van der Waals surface area contributed by atoms with E-state index in [0.717, 1.165) is 9.99 Å². The minimum Gasteiger partial charge on any atom is -0.496 e. The van der Waals surface area contributed by atoms with Crippen LogP contribution in [0.2, 0.25) is 5.02 Å². The number of hydrogen-bond donors (Lipinski definition) is 1. The number of likely N-dealkylation sites (tertiary alicyclic amines) is 1. The van der Waals surface area contributed by atoms with E-state index in [0.29, 0.717) is 28.8 Å². The van der Waals surface area contributed by atoms with Gasteiger partial charge < -0.3 is 14.7 Å². The van der Waals surface area contributed by atoms with Crippen LogP contribution in [0, 0.1) is 9.49 Å². The van der Waals surface area contributed by atoms with Gasteiger partial charge in [0.2, 0.25) is 0 Å². The molecule has 1 aromatic carbocycles. The van der Waals surface area contributed by atoms with Crippen molar-refractivity contribution in [1.82, 2.24) is 4.90 Å². The monoisotopic (exact) mass is 409 g/mol. The molecule has 0 spiro atoms. The standard InChI is InChI=1S/C14H17ClINO3/c1-8-3-4-17(12(8)7-18)14(19)9-5-10(15)11(16)6-13(9)20-2/h5-6,8,12,18H,3-4,7H2,1-2H3. The highest BCUT2D eigenvalue weighted by Gasteiger charge is 2.35. The fourth-order valence-corrected chi connectivity index (χ4v) is 3.16. The smallest absolute Gasteiger partial charge is 0.258 e. The highest BCUT2D eigenvalue weighted by atomic mass is 127. The molecular weight excluding hydrogens is 393 g/mol. The summed E-state index contributed by atoms with van der Waals surface area (Å²) in [5, 5.41) is 10.0. The number of ether oxygens (including phenoxy) is 1. The topological polar surface area (TPSA) is 49.8 Å². The largest absolute Gasteiger partial charge is 0.496 e. The van der Waals surface area contributed by atoms with Crippen molar-refractivity contribution in [2.75, 3.05) is 20.3 Å². The molecule has 0 aliphatic carbocycles. The summed E-state index contributed by atoms with van der Waals surface area (Å²) in [5.74, 6) is 0.679. The van der Waals surface area contributed by atoms with Gasteiger partial charge in [-0.25, -0.2) is 0 Å². The predicted molar refractivity (Wildman–Crippen MR) is 86.4 cm³/mol. The van der Waals surface area contributed by atoms with E-state index in [1.54, 1.807) is 17.0 Å². The first-order valence-electron chi connectivity index (χ1n) is 6.44. The van der Waals surface area contributed by atoms with Crippen LogP contribution in [0.5, 0.6) is 5.75 Å². The fraction of sp³-hybridized carbons (Fsp3) is 0.500. The molecular formula is C14H17ClINO3. The number of halogens is 2. The van der Waals surface area contributed by atoms with Crippen molar-refractivity contribution in [3.05, 3.63) is 26.3 Å². The van der Waals surface area contributed by atoms with E-state index in [1.165, 1.54) is 7.11 Å². The summed E-state index contributed by atoms with van der Waals surface area (Å²) < 4.78 is 6.12. The lowest BCUT2D eigenvalue weighted by atomic mass is 10.0. The van der Waals surface area contributed by atoms with Gasteiger partial charge in [0.15, 0.2) is 0 Å². The Morgan fingerprint density at radius 2 is 2.30 bits per heavy atom. The highest BCUT2D eigenvalue weighted by molar-refractivity contribution is 14.1. The van der Waals surface area contributed by atoms with Gasteiger partial charge >= 0.3 is 0 Å². The van der Waals surface area contributed by atoms with E-state index < -0.39 is 0 Å². The van der Waals surface area contributed by atoms with E-state index in [9.17, 15) is 9.90 Å². The molecule has 1 aromatic rings. The van der Waals surface area contributed by atoms with E-state index in [-0.39, 0.29) is 18.6 Å². The minimum atomic E-state index is -0.136. The molecule has 1 saturated heterocycles.